The average Bonchev–Trinajstić information content (AvgIpc) is 2.95. The second-order valence-electron chi connectivity index (χ2n) is 5.19. The molecule has 0 saturated heterocycles. The number of anilines is 2. The van der Waals surface area contributed by atoms with Crippen LogP contribution in [0.4, 0.5) is 11.5 Å². The first-order chi connectivity index (χ1) is 9.79. The Bertz CT molecular complexity index is 609. The lowest BCUT2D eigenvalue weighted by molar-refractivity contribution is 0.800. The van der Waals surface area contributed by atoms with Gasteiger partial charge in [0.15, 0.2) is 0 Å². The second-order valence-corrected chi connectivity index (χ2v) is 5.19. The van der Waals surface area contributed by atoms with E-state index < -0.39 is 0 Å². The number of benzene rings is 1. The summed E-state index contributed by atoms with van der Waals surface area (Å²) in [7, 11) is 0. The molecule has 1 aromatic heterocycles. The Kier molecular flexibility index (Phi) is 3.54. The first-order valence-electron chi connectivity index (χ1n) is 7.20. The van der Waals surface area contributed by atoms with Crippen LogP contribution in [0.5, 0.6) is 0 Å². The van der Waals surface area contributed by atoms with E-state index in [9.17, 15) is 0 Å². The van der Waals surface area contributed by atoms with Crippen molar-refractivity contribution < 1.29 is 0 Å². The van der Waals surface area contributed by atoms with Crippen LogP contribution in [0, 0.1) is 0 Å². The zero-order valence-electron chi connectivity index (χ0n) is 11.8. The highest BCUT2D eigenvalue weighted by Gasteiger charge is 2.20. The Balaban J connectivity index is 1.91. The molecule has 0 spiro atoms. The number of hydrogen-bond donors (Lipinski definition) is 1. The summed E-state index contributed by atoms with van der Waals surface area (Å²) in [6, 6.07) is 8.04. The van der Waals surface area contributed by atoms with E-state index in [0.717, 1.165) is 43.0 Å². The summed E-state index contributed by atoms with van der Waals surface area (Å²) in [5.74, 6) is 1.08. The van der Waals surface area contributed by atoms with Crippen LogP contribution in [0.25, 0.3) is 0 Å². The lowest BCUT2D eigenvalue weighted by Crippen LogP contribution is -2.25. The minimum atomic E-state index is 0.798. The number of hydrogen-bond acceptors (Lipinski definition) is 4. The van der Waals surface area contributed by atoms with E-state index in [-0.39, 0.29) is 0 Å². The number of fused-ring (bicyclic) bond motifs is 1. The van der Waals surface area contributed by atoms with Crippen molar-refractivity contribution in [3.05, 3.63) is 47.4 Å². The molecule has 0 atom stereocenters. The summed E-state index contributed by atoms with van der Waals surface area (Å²) in [5, 5.41) is 0. The maximum Gasteiger partial charge on any atom is 0.135 e. The molecule has 0 bridgehead atoms. The molecule has 0 radical (unpaired) electrons. The van der Waals surface area contributed by atoms with Crippen LogP contribution < -0.4 is 10.6 Å². The van der Waals surface area contributed by atoms with Crippen molar-refractivity contribution in [2.75, 3.05) is 17.2 Å². The fourth-order valence-electron chi connectivity index (χ4n) is 2.84. The van der Waals surface area contributed by atoms with E-state index >= 15 is 0 Å². The zero-order valence-corrected chi connectivity index (χ0v) is 11.8. The smallest absolute Gasteiger partial charge is 0.135 e. The molecule has 2 N–H and O–H groups in total. The van der Waals surface area contributed by atoms with Crippen LogP contribution in [0.3, 0.4) is 0 Å². The highest BCUT2D eigenvalue weighted by atomic mass is 15.2. The van der Waals surface area contributed by atoms with E-state index in [0.29, 0.717) is 0 Å². The van der Waals surface area contributed by atoms with Crippen LogP contribution in [0.15, 0.2) is 30.6 Å². The topological polar surface area (TPSA) is 55.0 Å². The van der Waals surface area contributed by atoms with Gasteiger partial charge in [-0.25, -0.2) is 9.97 Å². The van der Waals surface area contributed by atoms with Crippen LogP contribution in [-0.4, -0.2) is 16.5 Å². The van der Waals surface area contributed by atoms with Crippen molar-refractivity contribution in [1.82, 2.24) is 9.97 Å². The number of aromatic nitrogens is 2. The Morgan fingerprint density at radius 1 is 1.20 bits per heavy atom. The molecular weight excluding hydrogens is 248 g/mol. The van der Waals surface area contributed by atoms with Gasteiger partial charge in [0, 0.05) is 30.0 Å². The van der Waals surface area contributed by atoms with Gasteiger partial charge in [0.1, 0.15) is 12.1 Å². The molecule has 1 aliphatic rings. The van der Waals surface area contributed by atoms with Gasteiger partial charge in [0.25, 0.3) is 0 Å². The first kappa shape index (κ1) is 12.9. The minimum Gasteiger partial charge on any atom is -0.398 e. The van der Waals surface area contributed by atoms with E-state index in [1.54, 1.807) is 6.33 Å². The summed E-state index contributed by atoms with van der Waals surface area (Å²) in [5.41, 5.74) is 10.6. The van der Waals surface area contributed by atoms with Crippen molar-refractivity contribution >= 4 is 11.5 Å². The summed E-state index contributed by atoms with van der Waals surface area (Å²) in [6.45, 7) is 3.87. The molecule has 0 unspecified atom stereocenters. The predicted molar refractivity (Wildman–Crippen MR) is 81.6 cm³/mol. The molecule has 1 heterocycles. The molecule has 1 aliphatic carbocycles. The third-order valence-corrected chi connectivity index (χ3v) is 3.95. The average molecular weight is 268 g/mol. The van der Waals surface area contributed by atoms with Crippen LogP contribution in [-0.2, 0) is 19.4 Å². The molecule has 4 nitrogen and oxygen atoms in total. The minimum absolute atomic E-state index is 0.798. The Morgan fingerprint density at radius 3 is 2.85 bits per heavy atom. The number of nitrogen functional groups attached to an aromatic ring is 1. The molecule has 2 aromatic rings. The number of aryl methyl sites for hydroxylation is 1. The standard InChI is InChI=1S/C16H20N4/c1-2-20(10-12-6-3-4-8-14(12)17)16-13-7-5-9-15(13)18-11-19-16/h3-4,6,8,11H,2,5,7,9-10,17H2,1H3. The van der Waals surface area contributed by atoms with Gasteiger partial charge in [-0.1, -0.05) is 18.2 Å². The summed E-state index contributed by atoms with van der Waals surface area (Å²) in [4.78, 5) is 11.2. The number of nitrogens with zero attached hydrogens (tertiary/aromatic N) is 3. The highest BCUT2D eigenvalue weighted by molar-refractivity contribution is 5.53. The largest absolute Gasteiger partial charge is 0.398 e. The van der Waals surface area contributed by atoms with Crippen LogP contribution in [0.1, 0.15) is 30.2 Å². The fourth-order valence-corrected chi connectivity index (χ4v) is 2.84. The van der Waals surface area contributed by atoms with Gasteiger partial charge in [-0.15, -0.1) is 0 Å². The van der Waals surface area contributed by atoms with Gasteiger partial charge in [0.05, 0.1) is 0 Å². The Morgan fingerprint density at radius 2 is 2.05 bits per heavy atom. The maximum atomic E-state index is 6.06. The van der Waals surface area contributed by atoms with Crippen molar-refractivity contribution in [2.24, 2.45) is 0 Å². The predicted octanol–water partition coefficient (Wildman–Crippen LogP) is 2.57. The van der Waals surface area contributed by atoms with Gasteiger partial charge in [-0.05, 0) is 37.8 Å². The highest BCUT2D eigenvalue weighted by Crippen LogP contribution is 2.29. The van der Waals surface area contributed by atoms with E-state index in [2.05, 4.69) is 27.9 Å². The molecule has 0 fully saturated rings. The normalized spacial score (nSPS) is 13.2. The van der Waals surface area contributed by atoms with Gasteiger partial charge in [-0.3, -0.25) is 0 Å². The van der Waals surface area contributed by atoms with Gasteiger partial charge < -0.3 is 10.6 Å². The van der Waals surface area contributed by atoms with Gasteiger partial charge in [-0.2, -0.15) is 0 Å². The molecule has 0 saturated carbocycles. The molecule has 0 amide bonds. The van der Waals surface area contributed by atoms with Crippen LogP contribution in [0.2, 0.25) is 0 Å². The molecule has 104 valence electrons. The Hall–Kier alpha value is -2.10. The van der Waals surface area contributed by atoms with Crippen molar-refractivity contribution in [3.8, 4) is 0 Å². The van der Waals surface area contributed by atoms with Crippen molar-refractivity contribution in [2.45, 2.75) is 32.7 Å². The molecule has 1 aromatic carbocycles. The van der Waals surface area contributed by atoms with Gasteiger partial charge in [0.2, 0.25) is 0 Å². The lowest BCUT2D eigenvalue weighted by Gasteiger charge is -2.24. The molecule has 0 aliphatic heterocycles. The molecular formula is C16H20N4. The third kappa shape index (κ3) is 2.33. The van der Waals surface area contributed by atoms with Crippen molar-refractivity contribution in [3.63, 3.8) is 0 Å². The van der Waals surface area contributed by atoms with Crippen molar-refractivity contribution in [1.29, 1.82) is 0 Å². The number of nitrogens with two attached hydrogens (primary N) is 1. The molecule has 3 rings (SSSR count). The monoisotopic (exact) mass is 268 g/mol. The molecule has 4 heteroatoms. The van der Waals surface area contributed by atoms with E-state index in [4.69, 9.17) is 5.73 Å². The molecule has 20 heavy (non-hydrogen) atoms. The summed E-state index contributed by atoms with van der Waals surface area (Å²) >= 11 is 0. The summed E-state index contributed by atoms with van der Waals surface area (Å²) in [6.07, 6.45) is 5.05. The van der Waals surface area contributed by atoms with E-state index in [1.165, 1.54) is 17.7 Å². The zero-order chi connectivity index (χ0) is 13.9. The number of para-hydroxylation sites is 1. The van der Waals surface area contributed by atoms with E-state index in [1.807, 2.05) is 18.2 Å². The third-order valence-electron chi connectivity index (χ3n) is 3.95. The Labute approximate surface area is 119 Å². The van der Waals surface area contributed by atoms with Crippen LogP contribution >= 0.6 is 0 Å². The first-order valence-corrected chi connectivity index (χ1v) is 7.20. The SMILES string of the molecule is CCN(Cc1ccccc1N)c1ncnc2c1CCC2. The lowest BCUT2D eigenvalue weighted by atomic mass is 10.1. The maximum absolute atomic E-state index is 6.06. The fraction of sp³-hybridized carbons (Fsp3) is 0.375. The second kappa shape index (κ2) is 5.49. The number of rotatable bonds is 4. The quantitative estimate of drug-likeness (QED) is 0.866. The van der Waals surface area contributed by atoms with Gasteiger partial charge >= 0.3 is 0 Å². The summed E-state index contributed by atoms with van der Waals surface area (Å²) < 4.78 is 0.